The molecule has 0 bridgehead atoms. The summed E-state index contributed by atoms with van der Waals surface area (Å²) >= 11 is 8.34. The number of anilines is 1. The molecule has 0 spiro atoms. The van der Waals surface area contributed by atoms with E-state index in [0.29, 0.717) is 22.9 Å². The lowest BCUT2D eigenvalue weighted by atomic mass is 10.1. The lowest BCUT2D eigenvalue weighted by Crippen LogP contribution is -2.14. The Labute approximate surface area is 244 Å². The summed E-state index contributed by atoms with van der Waals surface area (Å²) in [5.74, 6) is 0.619. The van der Waals surface area contributed by atoms with Crippen LogP contribution < -0.4 is 5.32 Å². The Balaban J connectivity index is 1.15. The van der Waals surface area contributed by atoms with E-state index in [9.17, 15) is 9.18 Å². The first-order chi connectivity index (χ1) is 20.0. The maximum absolute atomic E-state index is 13.7. The van der Waals surface area contributed by atoms with Crippen molar-refractivity contribution in [3.05, 3.63) is 131 Å². The molecule has 5 heterocycles. The summed E-state index contributed by atoms with van der Waals surface area (Å²) in [5.41, 5.74) is 6.79. The molecule has 4 aromatic heterocycles. The number of nitrogens with zero attached hydrogens (tertiary/aromatic N) is 5. The number of halogens is 2. The third-order valence-electron chi connectivity index (χ3n) is 7.14. The van der Waals surface area contributed by atoms with E-state index in [1.54, 1.807) is 42.6 Å². The van der Waals surface area contributed by atoms with Crippen molar-refractivity contribution in [2.45, 2.75) is 17.7 Å². The molecule has 6 aromatic rings. The van der Waals surface area contributed by atoms with Crippen LogP contribution in [-0.4, -0.2) is 30.0 Å². The van der Waals surface area contributed by atoms with Gasteiger partial charge in [0.05, 0.1) is 27.9 Å². The van der Waals surface area contributed by atoms with Gasteiger partial charge in [-0.3, -0.25) is 9.78 Å². The number of carbonyl (C=O) groups is 1. The van der Waals surface area contributed by atoms with Crippen LogP contribution in [0, 0.1) is 5.82 Å². The van der Waals surface area contributed by atoms with Crippen LogP contribution in [0.5, 0.6) is 0 Å². The first-order valence-electron chi connectivity index (χ1n) is 12.9. The van der Waals surface area contributed by atoms with E-state index in [4.69, 9.17) is 11.6 Å². The average molecular weight is 581 g/mol. The van der Waals surface area contributed by atoms with E-state index >= 15 is 0 Å². The number of aromatic nitrogens is 5. The van der Waals surface area contributed by atoms with Crippen molar-refractivity contribution in [3.63, 3.8) is 0 Å². The quantitative estimate of drug-likeness (QED) is 0.226. The molecule has 0 saturated heterocycles. The summed E-state index contributed by atoms with van der Waals surface area (Å²) in [5, 5.41) is 3.50. The van der Waals surface area contributed by atoms with Crippen LogP contribution in [0.2, 0.25) is 5.02 Å². The zero-order chi connectivity index (χ0) is 27.9. The fraction of sp³-hybridized carbons (Fsp3) is 0.0968. The number of imidazole rings is 1. The van der Waals surface area contributed by atoms with Crippen LogP contribution in [0.4, 0.5) is 10.2 Å². The molecule has 41 heavy (non-hydrogen) atoms. The standard InChI is InChI=1S/C31H22ClFN6OS/c32-25-15-35-29(37-30(40)23-8-10-39-28(23)17-41-31(39)21-4-2-9-34-14-21)13-24(25)20-6-7-26-27(12-20)38(18-36-26)16-19-3-1-5-22(33)11-19/h1-15,18,31H,16-17H2,(H,35,37,40). The number of pyridine rings is 2. The Kier molecular flexibility index (Phi) is 6.53. The van der Waals surface area contributed by atoms with Gasteiger partial charge in [-0.2, -0.15) is 0 Å². The zero-order valence-electron chi connectivity index (χ0n) is 21.5. The van der Waals surface area contributed by atoms with Crippen molar-refractivity contribution in [1.82, 2.24) is 24.1 Å². The van der Waals surface area contributed by atoms with E-state index in [-0.39, 0.29) is 17.1 Å². The van der Waals surface area contributed by atoms with Crippen LogP contribution in [-0.2, 0) is 12.3 Å². The van der Waals surface area contributed by atoms with E-state index < -0.39 is 0 Å². The maximum Gasteiger partial charge on any atom is 0.258 e. The second-order valence-corrected chi connectivity index (χ2v) is 11.2. The Morgan fingerprint density at radius 1 is 1.07 bits per heavy atom. The Morgan fingerprint density at radius 2 is 2.00 bits per heavy atom. The number of hydrogen-bond acceptors (Lipinski definition) is 5. The zero-order valence-corrected chi connectivity index (χ0v) is 23.1. The van der Waals surface area contributed by atoms with Crippen molar-refractivity contribution in [1.29, 1.82) is 0 Å². The van der Waals surface area contributed by atoms with Gasteiger partial charge in [0.25, 0.3) is 5.91 Å². The summed E-state index contributed by atoms with van der Waals surface area (Å²) in [6, 6.07) is 20.0. The Hall–Kier alpha value is -4.47. The van der Waals surface area contributed by atoms with Crippen molar-refractivity contribution in [3.8, 4) is 11.1 Å². The number of nitrogens with one attached hydrogen (secondary N) is 1. The van der Waals surface area contributed by atoms with Crippen molar-refractivity contribution >= 4 is 46.1 Å². The Morgan fingerprint density at radius 3 is 2.85 bits per heavy atom. The van der Waals surface area contributed by atoms with Crippen LogP contribution >= 0.6 is 23.4 Å². The minimum absolute atomic E-state index is 0.0878. The second kappa shape index (κ2) is 10.5. The molecule has 10 heteroatoms. The van der Waals surface area contributed by atoms with E-state index in [1.807, 2.05) is 59.4 Å². The average Bonchev–Trinajstić information content (AvgIpc) is 3.70. The monoisotopic (exact) mass is 580 g/mol. The van der Waals surface area contributed by atoms with Crippen LogP contribution in [0.15, 0.2) is 97.8 Å². The summed E-state index contributed by atoms with van der Waals surface area (Å²) in [6.45, 7) is 0.477. The molecule has 1 amide bonds. The lowest BCUT2D eigenvalue weighted by molar-refractivity contribution is 0.102. The largest absolute Gasteiger partial charge is 0.333 e. The van der Waals surface area contributed by atoms with Gasteiger partial charge in [-0.1, -0.05) is 35.9 Å². The highest BCUT2D eigenvalue weighted by Crippen LogP contribution is 2.42. The molecule has 1 N–H and O–H groups in total. The third kappa shape index (κ3) is 4.87. The molecular formula is C31H22ClFN6OS. The molecular weight excluding hydrogens is 559 g/mol. The summed E-state index contributed by atoms with van der Waals surface area (Å²) in [7, 11) is 0. The number of rotatable bonds is 6. The molecule has 0 radical (unpaired) electrons. The number of benzene rings is 2. The fourth-order valence-electron chi connectivity index (χ4n) is 5.17. The molecule has 7 rings (SSSR count). The fourth-order valence-corrected chi connectivity index (χ4v) is 6.69. The van der Waals surface area contributed by atoms with Crippen LogP contribution in [0.1, 0.15) is 32.6 Å². The molecule has 2 aromatic carbocycles. The summed E-state index contributed by atoms with van der Waals surface area (Å²) < 4.78 is 17.8. The summed E-state index contributed by atoms with van der Waals surface area (Å²) in [6.07, 6.45) is 8.85. The van der Waals surface area contributed by atoms with Gasteiger partial charge < -0.3 is 14.5 Å². The first-order valence-corrected chi connectivity index (χ1v) is 14.3. The minimum atomic E-state index is -0.275. The predicted molar refractivity (Wildman–Crippen MR) is 160 cm³/mol. The number of hydrogen-bond donors (Lipinski definition) is 1. The Bertz CT molecular complexity index is 1920. The smallest absolute Gasteiger partial charge is 0.258 e. The van der Waals surface area contributed by atoms with Gasteiger partial charge in [0.15, 0.2) is 0 Å². The number of thioether (sulfide) groups is 1. The highest BCUT2D eigenvalue weighted by molar-refractivity contribution is 7.99. The van der Waals surface area contributed by atoms with Gasteiger partial charge in [-0.15, -0.1) is 11.8 Å². The molecule has 7 nitrogen and oxygen atoms in total. The molecule has 202 valence electrons. The van der Waals surface area contributed by atoms with Gasteiger partial charge in [0.1, 0.15) is 17.0 Å². The van der Waals surface area contributed by atoms with Crippen LogP contribution in [0.25, 0.3) is 22.2 Å². The molecule has 1 atom stereocenters. The van der Waals surface area contributed by atoms with E-state index in [2.05, 4.69) is 24.8 Å². The molecule has 0 fully saturated rings. The van der Waals surface area contributed by atoms with Crippen molar-refractivity contribution in [2.24, 2.45) is 0 Å². The van der Waals surface area contributed by atoms with Crippen molar-refractivity contribution < 1.29 is 9.18 Å². The topological polar surface area (TPSA) is 77.6 Å². The molecule has 1 aliphatic rings. The minimum Gasteiger partial charge on any atom is -0.333 e. The predicted octanol–water partition coefficient (Wildman–Crippen LogP) is 7.18. The third-order valence-corrected chi connectivity index (χ3v) is 8.70. The molecule has 1 aliphatic heterocycles. The van der Waals surface area contributed by atoms with Gasteiger partial charge >= 0.3 is 0 Å². The molecule has 1 unspecified atom stereocenters. The van der Waals surface area contributed by atoms with E-state index in [0.717, 1.165) is 44.7 Å². The SMILES string of the molecule is O=C(Nc1cc(-c2ccc3ncn(Cc4cccc(F)c4)c3c2)c(Cl)cn1)c1ccn2c1CSC2c1cccnc1. The molecule has 0 saturated carbocycles. The molecule has 0 aliphatic carbocycles. The van der Waals surface area contributed by atoms with Crippen LogP contribution in [0.3, 0.4) is 0 Å². The van der Waals surface area contributed by atoms with Gasteiger partial charge in [-0.05, 0) is 53.6 Å². The number of fused-ring (bicyclic) bond motifs is 2. The summed E-state index contributed by atoms with van der Waals surface area (Å²) in [4.78, 5) is 26.4. The van der Waals surface area contributed by atoms with Gasteiger partial charge in [-0.25, -0.2) is 14.4 Å². The van der Waals surface area contributed by atoms with Crippen molar-refractivity contribution in [2.75, 3.05) is 5.32 Å². The van der Waals surface area contributed by atoms with E-state index in [1.165, 1.54) is 12.1 Å². The lowest BCUT2D eigenvalue weighted by Gasteiger charge is -2.12. The number of carbonyl (C=O) groups excluding carboxylic acids is 1. The first kappa shape index (κ1) is 25.5. The normalized spacial score (nSPS) is 14.3. The van der Waals surface area contributed by atoms with Gasteiger partial charge in [0.2, 0.25) is 0 Å². The second-order valence-electron chi connectivity index (χ2n) is 9.74. The number of amides is 1. The van der Waals surface area contributed by atoms with Gasteiger partial charge in [0, 0.05) is 53.9 Å². The highest BCUT2D eigenvalue weighted by Gasteiger charge is 2.28. The maximum atomic E-state index is 13.7. The highest BCUT2D eigenvalue weighted by atomic mass is 35.5.